The van der Waals surface area contributed by atoms with Gasteiger partial charge in [-0.1, -0.05) is 270 Å². The minimum absolute atomic E-state index is 0. The fourth-order valence-corrected chi connectivity index (χ4v) is 12.0. The SMILES string of the molecule is CCCCCCCCCCCc1ccc2cc(S(=O)(=O)[O-])c(CCCCCCCCCCC)cc2c1.CCCCCCCCCCCc1ccc2cc(S(=O)(=O)[O-])c(CCCCCCCCCCC)cc2c1.[Ca+2]. The van der Waals surface area contributed by atoms with E-state index in [0.29, 0.717) is 24.0 Å². The minimum atomic E-state index is -4.48. The molecule has 9 heteroatoms. The molecule has 0 fully saturated rings. The van der Waals surface area contributed by atoms with Gasteiger partial charge in [-0.05, 0) is 119 Å². The summed E-state index contributed by atoms with van der Waals surface area (Å²) in [6.07, 6.45) is 49.2. The second kappa shape index (κ2) is 41.6. The Morgan fingerprint density at radius 1 is 0.288 bits per heavy atom. The van der Waals surface area contributed by atoms with Gasteiger partial charge in [-0.3, -0.25) is 0 Å². The summed E-state index contributed by atoms with van der Waals surface area (Å²) in [5.74, 6) is 0. The number of unbranched alkanes of at least 4 members (excludes halogenated alkanes) is 32. The van der Waals surface area contributed by atoms with Crippen molar-refractivity contribution in [3.05, 3.63) is 82.9 Å². The molecule has 0 unspecified atom stereocenters. The van der Waals surface area contributed by atoms with Crippen molar-refractivity contribution in [2.24, 2.45) is 0 Å². The summed E-state index contributed by atoms with van der Waals surface area (Å²) >= 11 is 0. The van der Waals surface area contributed by atoms with Crippen LogP contribution in [0.15, 0.2) is 70.5 Å². The summed E-state index contributed by atoms with van der Waals surface area (Å²) in [4.78, 5) is -0.0532. The zero-order valence-electron chi connectivity index (χ0n) is 47.0. The van der Waals surface area contributed by atoms with Gasteiger partial charge in [0, 0.05) is 0 Å². The number of aryl methyl sites for hydroxylation is 4. The molecular weight excluding hydrogens is 969 g/mol. The third-order valence-corrected chi connectivity index (χ3v) is 16.8. The molecule has 0 N–H and O–H groups in total. The molecule has 0 atom stereocenters. The van der Waals surface area contributed by atoms with Crippen molar-refractivity contribution in [2.75, 3.05) is 0 Å². The van der Waals surface area contributed by atoms with Crippen molar-refractivity contribution >= 4 is 79.5 Å². The Balaban J connectivity index is 0.000000493. The molecule has 0 radical (unpaired) electrons. The quantitative estimate of drug-likeness (QED) is 0.0248. The van der Waals surface area contributed by atoms with Gasteiger partial charge >= 0.3 is 37.7 Å². The van der Waals surface area contributed by atoms with Crippen molar-refractivity contribution < 1.29 is 25.9 Å². The summed E-state index contributed by atoms with van der Waals surface area (Å²) < 4.78 is 71.8. The molecule has 0 amide bonds. The summed E-state index contributed by atoms with van der Waals surface area (Å²) in [7, 11) is -8.95. The van der Waals surface area contributed by atoms with Crippen LogP contribution in [0.25, 0.3) is 21.5 Å². The zero-order valence-corrected chi connectivity index (χ0v) is 50.9. The van der Waals surface area contributed by atoms with Crippen LogP contribution in [0.4, 0.5) is 0 Å². The average molecular weight is 1070 g/mol. The van der Waals surface area contributed by atoms with Crippen LogP contribution < -0.4 is 0 Å². The Bertz CT molecular complexity index is 2100. The maximum atomic E-state index is 12.0. The smallest absolute Gasteiger partial charge is 0.744 e. The van der Waals surface area contributed by atoms with Crippen molar-refractivity contribution in [3.8, 4) is 0 Å². The largest absolute Gasteiger partial charge is 2.00 e. The second-order valence-corrected chi connectivity index (χ2v) is 24.2. The number of hydrogen-bond donors (Lipinski definition) is 0. The van der Waals surface area contributed by atoms with Gasteiger partial charge < -0.3 is 9.11 Å². The third-order valence-electron chi connectivity index (χ3n) is 14.9. The molecule has 0 aliphatic rings. The van der Waals surface area contributed by atoms with Crippen LogP contribution in [0, 0.1) is 0 Å². The number of benzene rings is 4. The monoisotopic (exact) mass is 1070 g/mol. The Morgan fingerprint density at radius 3 is 0.767 bits per heavy atom. The minimum Gasteiger partial charge on any atom is -0.744 e. The predicted octanol–water partition coefficient (Wildman–Crippen LogP) is 19.4. The molecule has 0 heterocycles. The van der Waals surface area contributed by atoms with Crippen molar-refractivity contribution in [3.63, 3.8) is 0 Å². The number of rotatable bonds is 42. The Labute approximate surface area is 478 Å². The zero-order chi connectivity index (χ0) is 52.1. The van der Waals surface area contributed by atoms with Crippen LogP contribution in [0.2, 0.25) is 0 Å². The summed E-state index contributed by atoms with van der Waals surface area (Å²) in [6.45, 7) is 9.00. The normalized spacial score (nSPS) is 11.8. The van der Waals surface area contributed by atoms with E-state index in [-0.39, 0.29) is 47.5 Å². The molecule has 0 bridgehead atoms. The molecule has 0 spiro atoms. The van der Waals surface area contributed by atoms with E-state index in [4.69, 9.17) is 0 Å². The first-order chi connectivity index (χ1) is 34.9. The van der Waals surface area contributed by atoms with Crippen LogP contribution in [0.1, 0.15) is 281 Å². The van der Waals surface area contributed by atoms with Crippen LogP contribution in [-0.2, 0) is 45.9 Å². The molecule has 4 aromatic rings. The molecule has 73 heavy (non-hydrogen) atoms. The van der Waals surface area contributed by atoms with Gasteiger partial charge in [0.2, 0.25) is 0 Å². The van der Waals surface area contributed by atoms with E-state index in [9.17, 15) is 25.9 Å². The first-order valence-electron chi connectivity index (χ1n) is 29.9. The summed E-state index contributed by atoms with van der Waals surface area (Å²) in [6, 6.07) is 19.7. The van der Waals surface area contributed by atoms with Crippen LogP contribution in [0.3, 0.4) is 0 Å². The molecular formula is C64H102CaO6S2. The molecule has 4 aromatic carbocycles. The Hall–Kier alpha value is -1.52. The molecule has 0 saturated heterocycles. The van der Waals surface area contributed by atoms with Gasteiger partial charge in [0.15, 0.2) is 0 Å². The van der Waals surface area contributed by atoms with Gasteiger partial charge in [0.1, 0.15) is 20.2 Å². The molecule has 0 saturated carbocycles. The van der Waals surface area contributed by atoms with E-state index in [1.54, 1.807) is 12.1 Å². The topological polar surface area (TPSA) is 114 Å². The molecule has 0 aromatic heterocycles. The van der Waals surface area contributed by atoms with Gasteiger partial charge in [-0.15, -0.1) is 0 Å². The fourth-order valence-electron chi connectivity index (χ4n) is 10.4. The van der Waals surface area contributed by atoms with Crippen LogP contribution >= 0.6 is 0 Å². The number of fused-ring (bicyclic) bond motifs is 2. The third kappa shape index (κ3) is 30.3. The first kappa shape index (κ1) is 67.6. The van der Waals surface area contributed by atoms with E-state index in [1.165, 1.54) is 217 Å². The average Bonchev–Trinajstić information content (AvgIpc) is 3.35. The van der Waals surface area contributed by atoms with E-state index in [2.05, 4.69) is 52.0 Å². The van der Waals surface area contributed by atoms with E-state index in [0.717, 1.165) is 60.1 Å². The summed E-state index contributed by atoms with van der Waals surface area (Å²) in [5, 5.41) is 3.80. The van der Waals surface area contributed by atoms with Crippen LogP contribution in [0.5, 0.6) is 0 Å². The molecule has 0 aliphatic heterocycles. The molecule has 4 rings (SSSR count). The van der Waals surface area contributed by atoms with Gasteiger partial charge in [-0.25, -0.2) is 16.8 Å². The van der Waals surface area contributed by atoms with Gasteiger partial charge in [0.25, 0.3) is 0 Å². The van der Waals surface area contributed by atoms with E-state index < -0.39 is 20.2 Å². The van der Waals surface area contributed by atoms with Crippen molar-refractivity contribution in [1.29, 1.82) is 0 Å². The maximum Gasteiger partial charge on any atom is 2.00 e. The maximum absolute atomic E-state index is 12.0. The van der Waals surface area contributed by atoms with Gasteiger partial charge in [0.05, 0.1) is 9.79 Å². The van der Waals surface area contributed by atoms with E-state index >= 15 is 0 Å². The first-order valence-corrected chi connectivity index (χ1v) is 32.8. The van der Waals surface area contributed by atoms with Crippen molar-refractivity contribution in [1.82, 2.24) is 0 Å². The molecule has 0 aliphatic carbocycles. The Morgan fingerprint density at radius 2 is 0.521 bits per heavy atom. The van der Waals surface area contributed by atoms with Gasteiger partial charge in [-0.2, -0.15) is 0 Å². The predicted molar refractivity (Wildman–Crippen MR) is 313 cm³/mol. The Kier molecular flexibility index (Phi) is 38.5. The van der Waals surface area contributed by atoms with Crippen molar-refractivity contribution in [2.45, 2.75) is 294 Å². The second-order valence-electron chi connectivity index (χ2n) is 21.5. The molecule has 6 nitrogen and oxygen atoms in total. The fraction of sp³-hybridized carbons (Fsp3) is 0.688. The van der Waals surface area contributed by atoms with Crippen LogP contribution in [-0.4, -0.2) is 63.7 Å². The standard InChI is InChI=1S/2C32H52O3S.Ca/c2*1-3-5-7-9-11-13-15-17-19-21-28-23-24-29-27-32(36(33,34)35)30(26-31(29)25-28)22-20-18-16-14-12-10-8-6-4-2;/h2*23-27H,3-22H2,1-2H3,(H,33,34,35);/q;;+2/p-2. The van der Waals surface area contributed by atoms with E-state index in [1.807, 2.05) is 24.3 Å². The molecule has 408 valence electrons. The number of hydrogen-bond acceptors (Lipinski definition) is 6. The summed E-state index contributed by atoms with van der Waals surface area (Å²) in [5.41, 5.74) is 4.00.